The van der Waals surface area contributed by atoms with Crippen molar-refractivity contribution < 1.29 is 9.59 Å². The van der Waals surface area contributed by atoms with Crippen molar-refractivity contribution in [3.05, 3.63) is 82.0 Å². The maximum Gasteiger partial charge on any atom is 0.281 e. The monoisotopic (exact) mass is 428 g/mol. The molecule has 1 aliphatic rings. The molecule has 2 amide bonds. The zero-order valence-corrected chi connectivity index (χ0v) is 17.8. The molecule has 1 aliphatic carbocycles. The average Bonchev–Trinajstić information content (AvgIpc) is 3.42. The number of carbonyl (C=O) groups excluding carboxylic acids is 2. The van der Waals surface area contributed by atoms with Crippen molar-refractivity contribution in [2.45, 2.75) is 26.2 Å². The Morgan fingerprint density at radius 3 is 2.48 bits per heavy atom. The largest absolute Gasteiger partial charge is 0.281 e. The van der Waals surface area contributed by atoms with Crippen LogP contribution in [0.4, 0.5) is 0 Å². The van der Waals surface area contributed by atoms with Crippen LogP contribution >= 0.6 is 11.3 Å². The number of thiazole rings is 1. The molecule has 6 nitrogen and oxygen atoms in total. The average molecular weight is 429 g/mol. The van der Waals surface area contributed by atoms with Gasteiger partial charge in [0.2, 0.25) is 0 Å². The molecular formula is C24H20N4O2S. The third-order valence-electron chi connectivity index (χ3n) is 5.46. The van der Waals surface area contributed by atoms with Gasteiger partial charge in [0, 0.05) is 16.6 Å². The molecule has 5 rings (SSSR count). The first kappa shape index (κ1) is 19.4. The lowest BCUT2D eigenvalue weighted by Gasteiger charge is -2.13. The van der Waals surface area contributed by atoms with Gasteiger partial charge < -0.3 is 0 Å². The zero-order valence-electron chi connectivity index (χ0n) is 16.9. The third-order valence-corrected chi connectivity index (χ3v) is 6.66. The Bertz CT molecular complexity index is 1310. The van der Waals surface area contributed by atoms with Crippen LogP contribution in [-0.4, -0.2) is 21.8 Å². The SMILES string of the molecule is Cc1nc(-c2ccccc2)sc1C(=O)NNC(=O)c1c2c(nc3ccccc13)CCC2. The van der Waals surface area contributed by atoms with Gasteiger partial charge in [-0.05, 0) is 37.8 Å². The smallest absolute Gasteiger partial charge is 0.267 e. The Hall–Kier alpha value is -3.58. The van der Waals surface area contributed by atoms with Gasteiger partial charge in [-0.3, -0.25) is 25.4 Å². The van der Waals surface area contributed by atoms with Crippen LogP contribution in [0, 0.1) is 6.92 Å². The van der Waals surface area contributed by atoms with E-state index in [1.807, 2.05) is 54.6 Å². The van der Waals surface area contributed by atoms with E-state index in [1.54, 1.807) is 6.92 Å². The summed E-state index contributed by atoms with van der Waals surface area (Å²) in [4.78, 5) is 35.6. The molecule has 0 saturated heterocycles. The molecule has 2 aromatic heterocycles. The van der Waals surface area contributed by atoms with Gasteiger partial charge in [-0.15, -0.1) is 11.3 Å². The van der Waals surface area contributed by atoms with Crippen LogP contribution in [0.5, 0.6) is 0 Å². The van der Waals surface area contributed by atoms with E-state index < -0.39 is 0 Å². The van der Waals surface area contributed by atoms with Crippen molar-refractivity contribution in [1.82, 2.24) is 20.8 Å². The fourth-order valence-electron chi connectivity index (χ4n) is 4.01. The summed E-state index contributed by atoms with van der Waals surface area (Å²) in [5.41, 5.74) is 10.1. The molecule has 2 aromatic carbocycles. The van der Waals surface area contributed by atoms with Crippen molar-refractivity contribution in [1.29, 1.82) is 0 Å². The molecule has 0 atom stereocenters. The van der Waals surface area contributed by atoms with E-state index in [1.165, 1.54) is 11.3 Å². The van der Waals surface area contributed by atoms with E-state index in [-0.39, 0.29) is 11.8 Å². The highest BCUT2D eigenvalue weighted by Crippen LogP contribution is 2.30. The van der Waals surface area contributed by atoms with Crippen LogP contribution in [0.1, 0.15) is 43.4 Å². The van der Waals surface area contributed by atoms with E-state index in [9.17, 15) is 9.59 Å². The Morgan fingerprint density at radius 1 is 0.903 bits per heavy atom. The predicted molar refractivity (Wildman–Crippen MR) is 121 cm³/mol. The summed E-state index contributed by atoms with van der Waals surface area (Å²) in [6.45, 7) is 1.79. The first-order valence-electron chi connectivity index (χ1n) is 10.2. The van der Waals surface area contributed by atoms with E-state index in [4.69, 9.17) is 4.98 Å². The maximum atomic E-state index is 13.1. The van der Waals surface area contributed by atoms with Gasteiger partial charge in [0.15, 0.2) is 0 Å². The second-order valence-corrected chi connectivity index (χ2v) is 8.49. The number of aromatic nitrogens is 2. The molecule has 31 heavy (non-hydrogen) atoms. The van der Waals surface area contributed by atoms with Crippen molar-refractivity contribution in [2.75, 3.05) is 0 Å². The van der Waals surface area contributed by atoms with Crippen molar-refractivity contribution in [2.24, 2.45) is 0 Å². The van der Waals surface area contributed by atoms with Crippen LogP contribution < -0.4 is 10.9 Å². The van der Waals surface area contributed by atoms with E-state index in [2.05, 4.69) is 15.8 Å². The van der Waals surface area contributed by atoms with E-state index in [0.717, 1.165) is 52.0 Å². The van der Waals surface area contributed by atoms with Crippen LogP contribution in [0.3, 0.4) is 0 Å². The summed E-state index contributed by atoms with van der Waals surface area (Å²) in [6.07, 6.45) is 2.67. The number of nitrogens with one attached hydrogen (secondary N) is 2. The van der Waals surface area contributed by atoms with Crippen molar-refractivity contribution >= 4 is 34.1 Å². The van der Waals surface area contributed by atoms with Crippen molar-refractivity contribution in [3.63, 3.8) is 0 Å². The lowest BCUT2D eigenvalue weighted by molar-refractivity contribution is 0.0848. The summed E-state index contributed by atoms with van der Waals surface area (Å²) in [6, 6.07) is 17.3. The molecule has 0 unspecified atom stereocenters. The minimum atomic E-state index is -0.375. The topological polar surface area (TPSA) is 84.0 Å². The number of para-hydroxylation sites is 1. The Labute approximate surface area is 183 Å². The number of pyridine rings is 1. The minimum Gasteiger partial charge on any atom is -0.267 e. The normalized spacial score (nSPS) is 12.5. The third kappa shape index (κ3) is 3.57. The zero-order chi connectivity index (χ0) is 21.4. The van der Waals surface area contributed by atoms with Crippen molar-refractivity contribution in [3.8, 4) is 10.6 Å². The Balaban J connectivity index is 1.39. The van der Waals surface area contributed by atoms with Crippen LogP contribution in [-0.2, 0) is 12.8 Å². The van der Waals surface area contributed by atoms with Crippen LogP contribution in [0.15, 0.2) is 54.6 Å². The van der Waals surface area contributed by atoms with Gasteiger partial charge in [0.05, 0.1) is 16.8 Å². The number of hydrazine groups is 1. The second-order valence-electron chi connectivity index (χ2n) is 7.49. The van der Waals surface area contributed by atoms with Crippen LogP contribution in [0.2, 0.25) is 0 Å². The number of benzene rings is 2. The highest BCUT2D eigenvalue weighted by Gasteiger charge is 2.24. The number of carbonyl (C=O) groups is 2. The molecule has 0 saturated carbocycles. The molecule has 7 heteroatoms. The number of rotatable bonds is 3. The summed E-state index contributed by atoms with van der Waals surface area (Å²) >= 11 is 1.31. The minimum absolute atomic E-state index is 0.324. The summed E-state index contributed by atoms with van der Waals surface area (Å²) in [7, 11) is 0. The standard InChI is InChI=1S/C24H20N4O2S/c1-14-21(31-24(25-14)15-8-3-2-4-9-15)23(30)28-27-22(29)20-16-10-5-6-12-18(16)26-19-13-7-11-17(19)20/h2-6,8-10,12H,7,11,13H2,1H3,(H,27,29)(H,28,30). The van der Waals surface area contributed by atoms with Gasteiger partial charge in [0.1, 0.15) is 9.88 Å². The Kier molecular flexibility index (Phi) is 4.95. The van der Waals surface area contributed by atoms with Gasteiger partial charge in [-0.1, -0.05) is 48.5 Å². The molecule has 0 fully saturated rings. The Morgan fingerprint density at radius 2 is 1.65 bits per heavy atom. The highest BCUT2D eigenvalue weighted by molar-refractivity contribution is 7.17. The first-order valence-corrected chi connectivity index (χ1v) is 11.0. The predicted octanol–water partition coefficient (Wildman–Crippen LogP) is 4.23. The lowest BCUT2D eigenvalue weighted by Crippen LogP contribution is -2.42. The quantitative estimate of drug-likeness (QED) is 0.478. The molecule has 2 heterocycles. The van der Waals surface area contributed by atoms with Gasteiger partial charge in [-0.2, -0.15) is 0 Å². The molecular weight excluding hydrogens is 408 g/mol. The number of aryl methyl sites for hydroxylation is 2. The maximum absolute atomic E-state index is 13.1. The molecule has 2 N–H and O–H groups in total. The molecule has 4 aromatic rings. The molecule has 0 bridgehead atoms. The highest BCUT2D eigenvalue weighted by atomic mass is 32.1. The van der Waals surface area contributed by atoms with Gasteiger partial charge in [0.25, 0.3) is 11.8 Å². The number of hydrogen-bond donors (Lipinski definition) is 2. The molecule has 0 aliphatic heterocycles. The van der Waals surface area contributed by atoms with E-state index >= 15 is 0 Å². The number of fused-ring (bicyclic) bond motifs is 2. The molecule has 0 radical (unpaired) electrons. The number of amides is 2. The number of nitrogens with zero attached hydrogens (tertiary/aromatic N) is 2. The molecule has 0 spiro atoms. The van der Waals surface area contributed by atoms with E-state index in [0.29, 0.717) is 16.1 Å². The lowest BCUT2D eigenvalue weighted by atomic mass is 10.0. The fourth-order valence-corrected chi connectivity index (χ4v) is 4.98. The fraction of sp³-hybridized carbons (Fsp3) is 0.167. The van der Waals surface area contributed by atoms with Crippen LogP contribution in [0.25, 0.3) is 21.5 Å². The summed E-state index contributed by atoms with van der Waals surface area (Å²) in [5.74, 6) is -0.698. The number of hydrogen-bond acceptors (Lipinski definition) is 5. The summed E-state index contributed by atoms with van der Waals surface area (Å²) < 4.78 is 0. The van der Waals surface area contributed by atoms with Gasteiger partial charge >= 0.3 is 0 Å². The first-order chi connectivity index (χ1) is 15.1. The molecule has 154 valence electrons. The van der Waals surface area contributed by atoms with Gasteiger partial charge in [-0.25, -0.2) is 4.98 Å². The summed E-state index contributed by atoms with van der Waals surface area (Å²) in [5, 5.41) is 1.57. The second kappa shape index (κ2) is 7.92.